The van der Waals surface area contributed by atoms with Crippen LogP contribution >= 0.6 is 0 Å². The maximum Gasteiger partial charge on any atom is 0.240 e. The first-order chi connectivity index (χ1) is 8.01. The number of sulfonamides is 1. The molecule has 1 aromatic rings. The third-order valence-electron chi connectivity index (χ3n) is 2.60. The summed E-state index contributed by atoms with van der Waals surface area (Å²) >= 11 is 0. The molecule has 0 aromatic heterocycles. The molecule has 1 aromatic carbocycles. The lowest BCUT2D eigenvalue weighted by molar-refractivity contribution is 0.580. The van der Waals surface area contributed by atoms with E-state index in [2.05, 4.69) is 4.72 Å². The van der Waals surface area contributed by atoms with Crippen LogP contribution in [0, 0.1) is 0 Å². The summed E-state index contributed by atoms with van der Waals surface area (Å²) in [5, 5.41) is 0. The van der Waals surface area contributed by atoms with E-state index in [1.54, 1.807) is 19.1 Å². The summed E-state index contributed by atoms with van der Waals surface area (Å²) in [4.78, 5) is 0.339. The zero-order valence-electron chi connectivity index (χ0n) is 10.3. The SMILES string of the molecule is CCNS(=O)(=O)c1ccccc1CC(N)CC. The number of benzene rings is 1. The molecule has 1 atom stereocenters. The minimum atomic E-state index is -3.40. The second kappa shape index (κ2) is 6.14. The Bertz CT molecular complexity index is 457. The van der Waals surface area contributed by atoms with Gasteiger partial charge in [-0.05, 0) is 24.5 Å². The first-order valence-electron chi connectivity index (χ1n) is 5.84. The fraction of sp³-hybridized carbons (Fsp3) is 0.500. The third-order valence-corrected chi connectivity index (χ3v) is 4.25. The highest BCUT2D eigenvalue weighted by atomic mass is 32.2. The van der Waals surface area contributed by atoms with Gasteiger partial charge in [0.1, 0.15) is 0 Å². The Labute approximate surface area is 103 Å². The molecule has 0 fully saturated rings. The van der Waals surface area contributed by atoms with Gasteiger partial charge in [0.25, 0.3) is 0 Å². The maximum atomic E-state index is 12.0. The van der Waals surface area contributed by atoms with Gasteiger partial charge >= 0.3 is 0 Å². The lowest BCUT2D eigenvalue weighted by Crippen LogP contribution is -2.27. The van der Waals surface area contributed by atoms with E-state index in [9.17, 15) is 8.42 Å². The highest BCUT2D eigenvalue weighted by molar-refractivity contribution is 7.89. The number of rotatable bonds is 6. The van der Waals surface area contributed by atoms with Gasteiger partial charge in [0.2, 0.25) is 10.0 Å². The van der Waals surface area contributed by atoms with Crippen LogP contribution in [0.15, 0.2) is 29.2 Å². The van der Waals surface area contributed by atoms with E-state index in [-0.39, 0.29) is 6.04 Å². The summed E-state index contributed by atoms with van der Waals surface area (Å²) in [6, 6.07) is 7.00. The summed E-state index contributed by atoms with van der Waals surface area (Å²) in [6.45, 7) is 4.14. The standard InChI is InChI=1S/C12H20N2O2S/c1-3-11(13)9-10-7-5-6-8-12(10)17(15,16)14-4-2/h5-8,11,14H,3-4,9,13H2,1-2H3. The van der Waals surface area contributed by atoms with Gasteiger partial charge in [-0.1, -0.05) is 32.0 Å². The van der Waals surface area contributed by atoms with Gasteiger partial charge in [-0.3, -0.25) is 0 Å². The Morgan fingerprint density at radius 1 is 1.29 bits per heavy atom. The topological polar surface area (TPSA) is 72.2 Å². The van der Waals surface area contributed by atoms with E-state index in [1.165, 1.54) is 0 Å². The van der Waals surface area contributed by atoms with Crippen molar-refractivity contribution in [3.8, 4) is 0 Å². The van der Waals surface area contributed by atoms with Crippen LogP contribution in [0.1, 0.15) is 25.8 Å². The van der Waals surface area contributed by atoms with Crippen molar-refractivity contribution in [2.45, 2.75) is 37.6 Å². The Kier molecular flexibility index (Phi) is 5.11. The molecule has 0 spiro atoms. The van der Waals surface area contributed by atoms with Crippen LogP contribution in [0.5, 0.6) is 0 Å². The van der Waals surface area contributed by atoms with Gasteiger partial charge in [0, 0.05) is 12.6 Å². The number of nitrogens with two attached hydrogens (primary N) is 1. The van der Waals surface area contributed by atoms with Gasteiger partial charge in [-0.2, -0.15) is 0 Å². The van der Waals surface area contributed by atoms with Crippen LogP contribution in [-0.2, 0) is 16.4 Å². The van der Waals surface area contributed by atoms with E-state index in [0.29, 0.717) is 17.9 Å². The van der Waals surface area contributed by atoms with Gasteiger partial charge in [-0.25, -0.2) is 13.1 Å². The summed E-state index contributed by atoms with van der Waals surface area (Å²) < 4.78 is 26.4. The fourth-order valence-electron chi connectivity index (χ4n) is 1.63. The van der Waals surface area contributed by atoms with Gasteiger partial charge < -0.3 is 5.73 Å². The molecule has 0 amide bonds. The van der Waals surface area contributed by atoms with E-state index >= 15 is 0 Å². The van der Waals surface area contributed by atoms with Crippen LogP contribution in [-0.4, -0.2) is 21.0 Å². The Hall–Kier alpha value is -0.910. The van der Waals surface area contributed by atoms with Crippen molar-refractivity contribution < 1.29 is 8.42 Å². The van der Waals surface area contributed by atoms with Crippen LogP contribution in [0.25, 0.3) is 0 Å². The molecule has 0 saturated heterocycles. The molecule has 1 rings (SSSR count). The molecule has 0 heterocycles. The van der Waals surface area contributed by atoms with Crippen molar-refractivity contribution in [2.24, 2.45) is 5.73 Å². The first kappa shape index (κ1) is 14.2. The zero-order chi connectivity index (χ0) is 12.9. The average molecular weight is 256 g/mol. The highest BCUT2D eigenvalue weighted by Crippen LogP contribution is 2.17. The average Bonchev–Trinajstić information content (AvgIpc) is 2.29. The number of hydrogen-bond donors (Lipinski definition) is 2. The predicted octanol–water partition coefficient (Wildman–Crippen LogP) is 1.26. The van der Waals surface area contributed by atoms with Crippen LogP contribution in [0.2, 0.25) is 0 Å². The minimum absolute atomic E-state index is 0.00650. The lowest BCUT2D eigenvalue weighted by atomic mass is 10.1. The molecule has 0 aliphatic heterocycles. The predicted molar refractivity (Wildman–Crippen MR) is 69.3 cm³/mol. The molecule has 1 unspecified atom stereocenters. The van der Waals surface area contributed by atoms with Crippen molar-refractivity contribution in [2.75, 3.05) is 6.54 Å². The molecular formula is C12H20N2O2S. The Balaban J connectivity index is 3.08. The van der Waals surface area contributed by atoms with Crippen LogP contribution in [0.4, 0.5) is 0 Å². The molecular weight excluding hydrogens is 236 g/mol. The van der Waals surface area contributed by atoms with Crippen molar-refractivity contribution in [3.05, 3.63) is 29.8 Å². The molecule has 5 heteroatoms. The monoisotopic (exact) mass is 256 g/mol. The van der Waals surface area contributed by atoms with E-state index < -0.39 is 10.0 Å². The number of nitrogens with one attached hydrogen (secondary N) is 1. The zero-order valence-corrected chi connectivity index (χ0v) is 11.1. The molecule has 0 aliphatic rings. The van der Waals surface area contributed by atoms with Crippen molar-refractivity contribution in [1.29, 1.82) is 0 Å². The molecule has 17 heavy (non-hydrogen) atoms. The third kappa shape index (κ3) is 3.80. The van der Waals surface area contributed by atoms with Gasteiger partial charge in [0.05, 0.1) is 4.90 Å². The Morgan fingerprint density at radius 3 is 2.53 bits per heavy atom. The molecule has 96 valence electrons. The Morgan fingerprint density at radius 2 is 1.94 bits per heavy atom. The van der Waals surface area contributed by atoms with Crippen molar-refractivity contribution in [3.63, 3.8) is 0 Å². The smallest absolute Gasteiger partial charge is 0.240 e. The van der Waals surface area contributed by atoms with E-state index in [0.717, 1.165) is 12.0 Å². The molecule has 4 nitrogen and oxygen atoms in total. The van der Waals surface area contributed by atoms with Gasteiger partial charge in [0.15, 0.2) is 0 Å². The van der Waals surface area contributed by atoms with Crippen molar-refractivity contribution in [1.82, 2.24) is 4.72 Å². The van der Waals surface area contributed by atoms with Crippen molar-refractivity contribution >= 4 is 10.0 Å². The second-order valence-electron chi connectivity index (χ2n) is 3.98. The highest BCUT2D eigenvalue weighted by Gasteiger charge is 2.17. The quantitative estimate of drug-likeness (QED) is 0.805. The van der Waals surface area contributed by atoms with Gasteiger partial charge in [-0.15, -0.1) is 0 Å². The minimum Gasteiger partial charge on any atom is -0.327 e. The molecule has 0 saturated carbocycles. The lowest BCUT2D eigenvalue weighted by Gasteiger charge is -2.13. The van der Waals surface area contributed by atoms with E-state index in [1.807, 2.05) is 19.1 Å². The van der Waals surface area contributed by atoms with E-state index in [4.69, 9.17) is 5.73 Å². The molecule has 0 radical (unpaired) electrons. The summed E-state index contributed by atoms with van der Waals surface area (Å²) in [7, 11) is -3.40. The van der Waals surface area contributed by atoms with Crippen LogP contribution in [0.3, 0.4) is 0 Å². The molecule has 3 N–H and O–H groups in total. The summed E-state index contributed by atoms with van der Waals surface area (Å²) in [5.74, 6) is 0. The van der Waals surface area contributed by atoms with Crippen LogP contribution < -0.4 is 10.5 Å². The molecule has 0 bridgehead atoms. The molecule has 0 aliphatic carbocycles. The second-order valence-corrected chi connectivity index (χ2v) is 5.72. The fourth-order valence-corrected chi connectivity index (χ4v) is 2.92. The summed E-state index contributed by atoms with van der Waals surface area (Å²) in [5.41, 5.74) is 6.66. The first-order valence-corrected chi connectivity index (χ1v) is 7.32. The normalized spacial score (nSPS) is 13.6. The maximum absolute atomic E-state index is 12.0. The summed E-state index contributed by atoms with van der Waals surface area (Å²) in [6.07, 6.45) is 1.41. The number of hydrogen-bond acceptors (Lipinski definition) is 3. The largest absolute Gasteiger partial charge is 0.327 e.